The first-order chi connectivity index (χ1) is 9.74. The van der Waals surface area contributed by atoms with Crippen molar-refractivity contribution >= 4 is 58.3 Å². The second-order valence-electron chi connectivity index (χ2n) is 3.94. The molecule has 0 saturated carbocycles. The average Bonchev–Trinajstić information content (AvgIpc) is 2.93. The number of aromatic nitrogens is 4. The summed E-state index contributed by atoms with van der Waals surface area (Å²) in [7, 11) is 0. The number of hydrogen-bond acceptors (Lipinski definition) is 7. The molecule has 3 heterocycles. The van der Waals surface area contributed by atoms with Crippen LogP contribution < -0.4 is 5.32 Å². The molecule has 0 amide bonds. The molecular formula is C12H11Cl2N5O2S. The van der Waals surface area contributed by atoms with Crippen molar-refractivity contribution in [3.63, 3.8) is 0 Å². The maximum absolute atomic E-state index is 11.2. The van der Waals surface area contributed by atoms with E-state index in [0.717, 1.165) is 5.56 Å². The minimum atomic E-state index is -1.06. The molecule has 7 nitrogen and oxygen atoms in total. The molecule has 22 heavy (non-hydrogen) atoms. The molecule has 0 atom stereocenters. The Hall–Kier alpha value is -2.03. The Kier molecular flexibility index (Phi) is 6.41. The van der Waals surface area contributed by atoms with Gasteiger partial charge < -0.3 is 10.4 Å². The standard InChI is InChI=1S/C12H9N5O2S.2ClH/c18-11(19)9-10-8(1-2-20-10)16-12(17-9)15-5-7-3-13-6-14-4-7;;/h1-4,6H,5H2,(H,18,19)(H,15,16,17);2*1H. The summed E-state index contributed by atoms with van der Waals surface area (Å²) >= 11 is 1.31. The molecule has 0 unspecified atom stereocenters. The lowest BCUT2D eigenvalue weighted by atomic mass is 10.3. The second kappa shape index (κ2) is 7.83. The third kappa shape index (κ3) is 3.79. The fraction of sp³-hybridized carbons (Fsp3) is 0.0833. The monoisotopic (exact) mass is 359 g/mol. The Bertz CT molecular complexity index is 769. The van der Waals surface area contributed by atoms with Crippen molar-refractivity contribution in [1.82, 2.24) is 19.9 Å². The number of thiophene rings is 1. The zero-order valence-electron chi connectivity index (χ0n) is 11.0. The number of carbonyl (C=O) groups is 1. The van der Waals surface area contributed by atoms with Gasteiger partial charge >= 0.3 is 5.97 Å². The predicted octanol–water partition coefficient (Wildman–Crippen LogP) is 2.64. The number of aromatic carboxylic acids is 1. The number of anilines is 1. The molecule has 0 aliphatic carbocycles. The van der Waals surface area contributed by atoms with E-state index in [1.807, 2.05) is 0 Å². The number of carboxylic acids is 1. The van der Waals surface area contributed by atoms with Crippen LogP contribution in [0.4, 0.5) is 5.95 Å². The van der Waals surface area contributed by atoms with Gasteiger partial charge in [-0.2, -0.15) is 0 Å². The van der Waals surface area contributed by atoms with Crippen molar-refractivity contribution in [2.75, 3.05) is 5.32 Å². The maximum Gasteiger partial charge on any atom is 0.356 e. The Labute approximate surface area is 141 Å². The first-order valence-electron chi connectivity index (χ1n) is 5.70. The molecule has 10 heteroatoms. The van der Waals surface area contributed by atoms with E-state index in [1.165, 1.54) is 17.7 Å². The van der Waals surface area contributed by atoms with Gasteiger partial charge in [0, 0.05) is 24.5 Å². The van der Waals surface area contributed by atoms with Gasteiger partial charge in [0.05, 0.1) is 10.2 Å². The van der Waals surface area contributed by atoms with Crippen molar-refractivity contribution in [3.8, 4) is 0 Å². The number of halogens is 2. The van der Waals surface area contributed by atoms with Gasteiger partial charge in [0.1, 0.15) is 6.33 Å². The number of nitrogens with one attached hydrogen (secondary N) is 1. The van der Waals surface area contributed by atoms with Gasteiger partial charge in [-0.15, -0.1) is 36.2 Å². The summed E-state index contributed by atoms with van der Waals surface area (Å²) in [6, 6.07) is 1.77. The van der Waals surface area contributed by atoms with Crippen LogP contribution >= 0.6 is 36.2 Å². The van der Waals surface area contributed by atoms with Crippen LogP contribution in [-0.2, 0) is 6.54 Å². The van der Waals surface area contributed by atoms with Crippen LogP contribution in [0.15, 0.2) is 30.2 Å². The molecule has 0 radical (unpaired) electrons. The molecule has 3 rings (SSSR count). The van der Waals surface area contributed by atoms with Crippen molar-refractivity contribution < 1.29 is 9.90 Å². The van der Waals surface area contributed by atoms with E-state index in [9.17, 15) is 9.90 Å². The third-order valence-electron chi connectivity index (χ3n) is 2.57. The molecule has 116 valence electrons. The highest BCUT2D eigenvalue weighted by atomic mass is 35.5. The lowest BCUT2D eigenvalue weighted by Crippen LogP contribution is -2.08. The summed E-state index contributed by atoms with van der Waals surface area (Å²) in [6.07, 6.45) is 4.78. The number of hydrogen-bond donors (Lipinski definition) is 2. The summed E-state index contributed by atoms with van der Waals surface area (Å²) in [4.78, 5) is 27.3. The Morgan fingerprint density at radius 1 is 1.23 bits per heavy atom. The average molecular weight is 360 g/mol. The Balaban J connectivity index is 0.00000121. The molecule has 3 aromatic rings. The zero-order valence-corrected chi connectivity index (χ0v) is 13.4. The fourth-order valence-electron chi connectivity index (χ4n) is 1.69. The van der Waals surface area contributed by atoms with E-state index in [-0.39, 0.29) is 36.5 Å². The van der Waals surface area contributed by atoms with E-state index < -0.39 is 5.97 Å². The smallest absolute Gasteiger partial charge is 0.356 e. The molecule has 3 aromatic heterocycles. The molecule has 0 aromatic carbocycles. The number of rotatable bonds is 4. The predicted molar refractivity (Wildman–Crippen MR) is 88.2 cm³/mol. The zero-order chi connectivity index (χ0) is 13.9. The van der Waals surface area contributed by atoms with Crippen LogP contribution in [-0.4, -0.2) is 31.0 Å². The van der Waals surface area contributed by atoms with Gasteiger partial charge in [-0.25, -0.2) is 24.7 Å². The van der Waals surface area contributed by atoms with Crippen LogP contribution in [0.5, 0.6) is 0 Å². The number of fused-ring (bicyclic) bond motifs is 1. The highest BCUT2D eigenvalue weighted by Crippen LogP contribution is 2.23. The van der Waals surface area contributed by atoms with Crippen LogP contribution in [0, 0.1) is 0 Å². The van der Waals surface area contributed by atoms with Crippen LogP contribution in [0.1, 0.15) is 16.1 Å². The van der Waals surface area contributed by atoms with E-state index >= 15 is 0 Å². The quantitative estimate of drug-likeness (QED) is 0.738. The molecule has 0 saturated heterocycles. The lowest BCUT2D eigenvalue weighted by Gasteiger charge is -2.05. The Morgan fingerprint density at radius 2 is 1.95 bits per heavy atom. The van der Waals surface area contributed by atoms with Gasteiger partial charge in [0.2, 0.25) is 5.95 Å². The van der Waals surface area contributed by atoms with E-state index in [0.29, 0.717) is 16.8 Å². The topological polar surface area (TPSA) is 101 Å². The second-order valence-corrected chi connectivity index (χ2v) is 4.85. The molecular weight excluding hydrogens is 349 g/mol. The van der Waals surface area contributed by atoms with Crippen LogP contribution in [0.2, 0.25) is 0 Å². The van der Waals surface area contributed by atoms with Crippen molar-refractivity contribution in [1.29, 1.82) is 0 Å². The van der Waals surface area contributed by atoms with Gasteiger partial charge in [-0.1, -0.05) is 0 Å². The molecule has 0 bridgehead atoms. The number of carboxylic acid groups (broad SMARTS) is 1. The minimum absolute atomic E-state index is 0. The fourth-order valence-corrected chi connectivity index (χ4v) is 2.50. The lowest BCUT2D eigenvalue weighted by molar-refractivity contribution is 0.0693. The largest absolute Gasteiger partial charge is 0.476 e. The highest BCUT2D eigenvalue weighted by molar-refractivity contribution is 7.17. The first-order valence-corrected chi connectivity index (χ1v) is 6.58. The molecule has 2 N–H and O–H groups in total. The summed E-state index contributed by atoms with van der Waals surface area (Å²) < 4.78 is 0.575. The molecule has 0 aliphatic heterocycles. The van der Waals surface area contributed by atoms with Crippen molar-refractivity contribution in [3.05, 3.63) is 41.4 Å². The van der Waals surface area contributed by atoms with Crippen molar-refractivity contribution in [2.45, 2.75) is 6.54 Å². The normalized spacial score (nSPS) is 9.64. The summed E-state index contributed by atoms with van der Waals surface area (Å²) in [5.74, 6) is -0.789. The van der Waals surface area contributed by atoms with Gasteiger partial charge in [0.15, 0.2) is 5.69 Å². The van der Waals surface area contributed by atoms with Crippen LogP contribution in [0.3, 0.4) is 0 Å². The van der Waals surface area contributed by atoms with E-state index in [1.54, 1.807) is 23.8 Å². The van der Waals surface area contributed by atoms with E-state index in [4.69, 9.17) is 0 Å². The Morgan fingerprint density at radius 3 is 2.64 bits per heavy atom. The third-order valence-corrected chi connectivity index (χ3v) is 3.48. The highest BCUT2D eigenvalue weighted by Gasteiger charge is 2.14. The van der Waals surface area contributed by atoms with Gasteiger partial charge in [0.25, 0.3) is 0 Å². The summed E-state index contributed by atoms with van der Waals surface area (Å²) in [5.41, 5.74) is 1.49. The minimum Gasteiger partial charge on any atom is -0.476 e. The molecule has 0 aliphatic rings. The van der Waals surface area contributed by atoms with Gasteiger partial charge in [-0.3, -0.25) is 0 Å². The summed E-state index contributed by atoms with van der Waals surface area (Å²) in [5, 5.41) is 13.9. The molecule has 0 fully saturated rings. The van der Waals surface area contributed by atoms with E-state index in [2.05, 4.69) is 25.3 Å². The summed E-state index contributed by atoms with van der Waals surface area (Å²) in [6.45, 7) is 0.426. The first kappa shape index (κ1) is 18.0. The maximum atomic E-state index is 11.2. The van der Waals surface area contributed by atoms with Crippen LogP contribution in [0.25, 0.3) is 10.2 Å². The van der Waals surface area contributed by atoms with Gasteiger partial charge in [-0.05, 0) is 11.4 Å². The SMILES string of the molecule is Cl.Cl.O=C(O)c1nc(NCc2cncnc2)nc2ccsc12. The van der Waals surface area contributed by atoms with Crippen molar-refractivity contribution in [2.24, 2.45) is 0 Å². The number of nitrogens with zero attached hydrogens (tertiary/aromatic N) is 4. The molecule has 0 spiro atoms.